The molecule has 0 bridgehead atoms. The van der Waals surface area contributed by atoms with Crippen molar-refractivity contribution < 1.29 is 19.0 Å². The van der Waals surface area contributed by atoms with Gasteiger partial charge in [0.25, 0.3) is 5.91 Å². The minimum absolute atomic E-state index is 0.194. The van der Waals surface area contributed by atoms with Crippen molar-refractivity contribution in [1.29, 1.82) is 0 Å². The van der Waals surface area contributed by atoms with Crippen LogP contribution < -0.4 is 10.1 Å². The molecule has 0 aliphatic rings. The van der Waals surface area contributed by atoms with E-state index < -0.39 is 6.10 Å². The number of hydrogen-bond donors (Lipinski definition) is 1. The molecule has 0 saturated heterocycles. The minimum Gasteiger partial charge on any atom is -0.481 e. The predicted octanol–water partition coefficient (Wildman–Crippen LogP) is 3.95. The third-order valence-electron chi connectivity index (χ3n) is 3.74. The van der Waals surface area contributed by atoms with Crippen LogP contribution in [0.1, 0.15) is 25.0 Å². The molecule has 0 radical (unpaired) electrons. The van der Waals surface area contributed by atoms with Gasteiger partial charge in [0.1, 0.15) is 5.75 Å². The van der Waals surface area contributed by atoms with Crippen LogP contribution in [-0.2, 0) is 20.9 Å². The van der Waals surface area contributed by atoms with E-state index >= 15 is 0 Å². The zero-order chi connectivity index (χ0) is 18.8. The Kier molecular flexibility index (Phi) is 8.12. The van der Waals surface area contributed by atoms with Gasteiger partial charge in [0.15, 0.2) is 6.10 Å². The maximum Gasteiger partial charge on any atom is 0.265 e. The molecule has 2 rings (SSSR count). The van der Waals surface area contributed by atoms with Gasteiger partial charge < -0.3 is 19.5 Å². The van der Waals surface area contributed by atoms with Crippen molar-refractivity contribution in [1.82, 2.24) is 0 Å². The van der Waals surface area contributed by atoms with E-state index in [2.05, 4.69) is 5.32 Å². The van der Waals surface area contributed by atoms with Crippen molar-refractivity contribution in [2.45, 2.75) is 33.5 Å². The number of nitrogens with one attached hydrogen (secondary N) is 1. The Bertz CT molecular complexity index is 685. The Morgan fingerprint density at radius 2 is 1.81 bits per heavy atom. The average molecular weight is 357 g/mol. The SMILES string of the molecule is CCOCCOCc1cccc(NC(=O)C(C)Oc2ccc(C)cc2)c1. The number of benzene rings is 2. The van der Waals surface area contributed by atoms with E-state index in [0.717, 1.165) is 16.8 Å². The summed E-state index contributed by atoms with van der Waals surface area (Å²) in [5.41, 5.74) is 2.86. The summed E-state index contributed by atoms with van der Waals surface area (Å²) in [5, 5.41) is 2.88. The van der Waals surface area contributed by atoms with Gasteiger partial charge in [-0.15, -0.1) is 0 Å². The highest BCUT2D eigenvalue weighted by atomic mass is 16.5. The summed E-state index contributed by atoms with van der Waals surface area (Å²) in [7, 11) is 0. The van der Waals surface area contributed by atoms with Crippen molar-refractivity contribution in [3.05, 3.63) is 59.7 Å². The fourth-order valence-electron chi connectivity index (χ4n) is 2.31. The van der Waals surface area contributed by atoms with Crippen LogP contribution >= 0.6 is 0 Å². The van der Waals surface area contributed by atoms with Gasteiger partial charge in [-0.3, -0.25) is 4.79 Å². The number of aryl methyl sites for hydroxylation is 1. The molecule has 0 spiro atoms. The highest BCUT2D eigenvalue weighted by Crippen LogP contribution is 2.15. The van der Waals surface area contributed by atoms with Crippen molar-refractivity contribution in [2.24, 2.45) is 0 Å². The summed E-state index contributed by atoms with van der Waals surface area (Å²) in [5.74, 6) is 0.481. The molecule has 0 heterocycles. The molecule has 5 nitrogen and oxygen atoms in total. The first-order chi connectivity index (χ1) is 12.6. The average Bonchev–Trinajstić information content (AvgIpc) is 2.64. The Labute approximate surface area is 155 Å². The van der Waals surface area contributed by atoms with Crippen molar-refractivity contribution >= 4 is 11.6 Å². The minimum atomic E-state index is -0.594. The molecule has 26 heavy (non-hydrogen) atoms. The van der Waals surface area contributed by atoms with E-state index in [9.17, 15) is 4.79 Å². The van der Waals surface area contributed by atoms with Crippen LogP contribution in [-0.4, -0.2) is 31.8 Å². The molecule has 0 aliphatic heterocycles. The van der Waals surface area contributed by atoms with Gasteiger partial charge in [0, 0.05) is 12.3 Å². The number of carbonyl (C=O) groups excluding carboxylic acids is 1. The number of rotatable bonds is 10. The van der Waals surface area contributed by atoms with Crippen LogP contribution in [0.25, 0.3) is 0 Å². The lowest BCUT2D eigenvalue weighted by molar-refractivity contribution is -0.122. The molecule has 1 N–H and O–H groups in total. The third kappa shape index (κ3) is 6.86. The van der Waals surface area contributed by atoms with Crippen LogP contribution in [0.5, 0.6) is 5.75 Å². The summed E-state index contributed by atoms with van der Waals surface area (Å²) in [6.07, 6.45) is -0.594. The number of amides is 1. The summed E-state index contributed by atoms with van der Waals surface area (Å²) >= 11 is 0. The topological polar surface area (TPSA) is 56.8 Å². The van der Waals surface area contributed by atoms with Gasteiger partial charge in [-0.2, -0.15) is 0 Å². The van der Waals surface area contributed by atoms with E-state index in [4.69, 9.17) is 14.2 Å². The highest BCUT2D eigenvalue weighted by Gasteiger charge is 2.15. The summed E-state index contributed by atoms with van der Waals surface area (Å²) in [6.45, 7) is 7.99. The maximum absolute atomic E-state index is 12.3. The number of anilines is 1. The first-order valence-electron chi connectivity index (χ1n) is 8.87. The van der Waals surface area contributed by atoms with E-state index in [0.29, 0.717) is 32.2 Å². The fraction of sp³-hybridized carbons (Fsp3) is 0.381. The second kappa shape index (κ2) is 10.6. The summed E-state index contributed by atoms with van der Waals surface area (Å²) < 4.78 is 16.5. The third-order valence-corrected chi connectivity index (χ3v) is 3.74. The van der Waals surface area contributed by atoms with Gasteiger partial charge >= 0.3 is 0 Å². The lowest BCUT2D eigenvalue weighted by Crippen LogP contribution is -2.30. The van der Waals surface area contributed by atoms with Crippen LogP contribution in [0.3, 0.4) is 0 Å². The maximum atomic E-state index is 12.3. The Balaban J connectivity index is 1.83. The zero-order valence-electron chi connectivity index (χ0n) is 15.7. The molecule has 1 amide bonds. The Morgan fingerprint density at radius 1 is 1.08 bits per heavy atom. The largest absolute Gasteiger partial charge is 0.481 e. The lowest BCUT2D eigenvalue weighted by Gasteiger charge is -2.15. The van der Waals surface area contributed by atoms with Crippen LogP contribution in [0.15, 0.2) is 48.5 Å². The van der Waals surface area contributed by atoms with Crippen molar-refractivity contribution in [2.75, 3.05) is 25.1 Å². The quantitative estimate of drug-likeness (QED) is 0.654. The van der Waals surface area contributed by atoms with Gasteiger partial charge in [0.2, 0.25) is 0 Å². The molecular formula is C21H27NO4. The molecule has 5 heteroatoms. The first kappa shape index (κ1) is 19.9. The molecule has 2 aromatic rings. The van der Waals surface area contributed by atoms with Crippen LogP contribution in [0.2, 0.25) is 0 Å². The van der Waals surface area contributed by atoms with Gasteiger partial charge in [0.05, 0.1) is 19.8 Å². The first-order valence-corrected chi connectivity index (χ1v) is 8.87. The standard InChI is InChI=1S/C21H27NO4/c1-4-24-12-13-25-15-18-6-5-7-19(14-18)22-21(23)17(3)26-20-10-8-16(2)9-11-20/h5-11,14,17H,4,12-13,15H2,1-3H3,(H,22,23). The van der Waals surface area contributed by atoms with Gasteiger partial charge in [-0.05, 0) is 50.6 Å². The van der Waals surface area contributed by atoms with E-state index in [-0.39, 0.29) is 5.91 Å². The molecule has 0 fully saturated rings. The molecule has 0 aromatic heterocycles. The van der Waals surface area contributed by atoms with Crippen molar-refractivity contribution in [3.63, 3.8) is 0 Å². The molecule has 1 atom stereocenters. The van der Waals surface area contributed by atoms with E-state index in [1.54, 1.807) is 6.92 Å². The normalized spacial score (nSPS) is 11.8. The molecule has 1 unspecified atom stereocenters. The summed E-state index contributed by atoms with van der Waals surface area (Å²) in [6, 6.07) is 15.2. The summed E-state index contributed by atoms with van der Waals surface area (Å²) in [4.78, 5) is 12.3. The second-order valence-corrected chi connectivity index (χ2v) is 6.01. The van der Waals surface area contributed by atoms with Gasteiger partial charge in [-0.1, -0.05) is 29.8 Å². The predicted molar refractivity (Wildman–Crippen MR) is 102 cm³/mol. The van der Waals surface area contributed by atoms with Crippen LogP contribution in [0, 0.1) is 6.92 Å². The Hall–Kier alpha value is -2.37. The zero-order valence-corrected chi connectivity index (χ0v) is 15.7. The number of hydrogen-bond acceptors (Lipinski definition) is 4. The molecule has 0 aliphatic carbocycles. The Morgan fingerprint density at radius 3 is 2.54 bits per heavy atom. The van der Waals surface area contributed by atoms with E-state index in [1.807, 2.05) is 62.4 Å². The second-order valence-electron chi connectivity index (χ2n) is 6.01. The van der Waals surface area contributed by atoms with Crippen LogP contribution in [0.4, 0.5) is 5.69 Å². The number of ether oxygens (including phenoxy) is 3. The molecule has 2 aromatic carbocycles. The molecular weight excluding hydrogens is 330 g/mol. The van der Waals surface area contributed by atoms with Gasteiger partial charge in [-0.25, -0.2) is 0 Å². The fourth-order valence-corrected chi connectivity index (χ4v) is 2.31. The smallest absolute Gasteiger partial charge is 0.265 e. The molecule has 140 valence electrons. The van der Waals surface area contributed by atoms with Crippen molar-refractivity contribution in [3.8, 4) is 5.75 Å². The number of carbonyl (C=O) groups is 1. The lowest BCUT2D eigenvalue weighted by atomic mass is 10.2. The monoisotopic (exact) mass is 357 g/mol. The molecule has 0 saturated carbocycles. The highest BCUT2D eigenvalue weighted by molar-refractivity contribution is 5.94. The van der Waals surface area contributed by atoms with E-state index in [1.165, 1.54) is 0 Å².